The highest BCUT2D eigenvalue weighted by molar-refractivity contribution is 6.06. The Hall–Kier alpha value is -3.08. The van der Waals surface area contributed by atoms with Gasteiger partial charge in [-0.1, -0.05) is 18.2 Å². The number of para-hydroxylation sites is 1. The number of amides is 1. The average molecular weight is 346 g/mol. The topological polar surface area (TPSA) is 59.0 Å². The molecule has 132 valence electrons. The molecule has 0 saturated carbocycles. The molecule has 0 spiro atoms. The molecule has 0 radical (unpaired) electrons. The Balaban J connectivity index is 1.97. The number of benzene rings is 1. The first-order chi connectivity index (χ1) is 12.7. The zero-order valence-corrected chi connectivity index (χ0v) is 15.0. The number of nitrogens with zero attached hydrogens (tertiary/aromatic N) is 2. The summed E-state index contributed by atoms with van der Waals surface area (Å²) in [5.74, 6) is -0.0103. The van der Waals surface area contributed by atoms with Crippen LogP contribution in [0, 0.1) is 6.92 Å². The zero-order chi connectivity index (χ0) is 18.1. The summed E-state index contributed by atoms with van der Waals surface area (Å²) in [4.78, 5) is 17.0. The molecule has 1 aliphatic rings. The minimum absolute atomic E-state index is 0.0103. The largest absolute Gasteiger partial charge is 0.353 e. The van der Waals surface area contributed by atoms with Gasteiger partial charge in [-0.3, -0.25) is 9.78 Å². The van der Waals surface area contributed by atoms with Crippen molar-refractivity contribution in [2.75, 3.05) is 11.9 Å². The van der Waals surface area contributed by atoms with Gasteiger partial charge < -0.3 is 15.2 Å². The van der Waals surface area contributed by atoms with E-state index >= 15 is 0 Å². The van der Waals surface area contributed by atoms with Crippen LogP contribution in [0.2, 0.25) is 0 Å². The van der Waals surface area contributed by atoms with Crippen LogP contribution in [0.25, 0.3) is 11.3 Å². The first-order valence-electron chi connectivity index (χ1n) is 8.97. The van der Waals surface area contributed by atoms with E-state index in [0.29, 0.717) is 6.54 Å². The fourth-order valence-corrected chi connectivity index (χ4v) is 3.68. The van der Waals surface area contributed by atoms with Crippen LogP contribution in [0.1, 0.15) is 28.7 Å². The van der Waals surface area contributed by atoms with E-state index in [1.54, 1.807) is 0 Å². The standard InChI is InChI=1S/C21H22N4O/c1-3-25-17-10-12-23-21(26)18(17)19(24-16-7-5-4-6-8-16)20(25)15-9-11-22-14(2)13-15/h4-9,11,13,24H,3,10,12H2,1-2H3,(H,23,26). The summed E-state index contributed by atoms with van der Waals surface area (Å²) in [7, 11) is 0. The maximum absolute atomic E-state index is 12.7. The molecule has 0 fully saturated rings. The molecule has 26 heavy (non-hydrogen) atoms. The number of carbonyl (C=O) groups is 1. The number of nitrogens with one attached hydrogen (secondary N) is 2. The molecule has 2 aromatic heterocycles. The van der Waals surface area contributed by atoms with Gasteiger partial charge >= 0.3 is 0 Å². The van der Waals surface area contributed by atoms with Gasteiger partial charge in [0.05, 0.1) is 16.9 Å². The average Bonchev–Trinajstić information content (AvgIpc) is 2.97. The van der Waals surface area contributed by atoms with Gasteiger partial charge in [0, 0.05) is 48.3 Å². The molecule has 0 unspecified atom stereocenters. The van der Waals surface area contributed by atoms with Crippen molar-refractivity contribution in [2.24, 2.45) is 0 Å². The van der Waals surface area contributed by atoms with Crippen LogP contribution in [0.5, 0.6) is 0 Å². The van der Waals surface area contributed by atoms with Crippen LogP contribution in [0.4, 0.5) is 11.4 Å². The van der Waals surface area contributed by atoms with E-state index in [0.717, 1.165) is 52.5 Å². The first-order valence-corrected chi connectivity index (χ1v) is 8.97. The summed E-state index contributed by atoms with van der Waals surface area (Å²) in [5, 5.41) is 6.49. The van der Waals surface area contributed by atoms with Crippen LogP contribution in [-0.2, 0) is 13.0 Å². The number of aryl methyl sites for hydroxylation is 1. The van der Waals surface area contributed by atoms with E-state index in [1.165, 1.54) is 0 Å². The predicted octanol–water partition coefficient (Wildman–Crippen LogP) is 3.91. The molecule has 3 heterocycles. The van der Waals surface area contributed by atoms with Crippen molar-refractivity contribution in [1.29, 1.82) is 0 Å². The molecule has 1 aliphatic heterocycles. The van der Waals surface area contributed by atoms with Crippen LogP contribution in [0.3, 0.4) is 0 Å². The van der Waals surface area contributed by atoms with Crippen LogP contribution in [0.15, 0.2) is 48.7 Å². The fraction of sp³-hybridized carbons (Fsp3) is 0.238. The summed E-state index contributed by atoms with van der Waals surface area (Å²) in [6.07, 6.45) is 2.66. The van der Waals surface area contributed by atoms with Crippen molar-refractivity contribution in [3.05, 3.63) is 65.6 Å². The van der Waals surface area contributed by atoms with Crippen molar-refractivity contribution < 1.29 is 4.79 Å². The van der Waals surface area contributed by atoms with E-state index in [9.17, 15) is 4.79 Å². The Morgan fingerprint density at radius 1 is 1.23 bits per heavy atom. The van der Waals surface area contributed by atoms with Gasteiger partial charge in [0.25, 0.3) is 5.91 Å². The lowest BCUT2D eigenvalue weighted by Gasteiger charge is -2.16. The molecule has 3 aromatic rings. The molecule has 0 aliphatic carbocycles. The van der Waals surface area contributed by atoms with Gasteiger partial charge in [0.1, 0.15) is 0 Å². The SMILES string of the molecule is CCn1c2c(c(Nc3ccccc3)c1-c1ccnc(C)c1)C(=O)NCC2. The maximum Gasteiger partial charge on any atom is 0.255 e. The quantitative estimate of drug-likeness (QED) is 0.753. The number of fused-ring (bicyclic) bond motifs is 1. The Kier molecular flexibility index (Phi) is 4.21. The highest BCUT2D eigenvalue weighted by Gasteiger charge is 2.30. The number of pyridine rings is 1. The lowest BCUT2D eigenvalue weighted by atomic mass is 10.0. The van der Waals surface area contributed by atoms with E-state index in [1.807, 2.05) is 49.5 Å². The van der Waals surface area contributed by atoms with E-state index in [4.69, 9.17) is 0 Å². The minimum Gasteiger partial charge on any atom is -0.353 e. The molecule has 0 saturated heterocycles. The highest BCUT2D eigenvalue weighted by atomic mass is 16.1. The summed E-state index contributed by atoms with van der Waals surface area (Å²) >= 11 is 0. The summed E-state index contributed by atoms with van der Waals surface area (Å²) < 4.78 is 2.26. The number of rotatable bonds is 4. The summed E-state index contributed by atoms with van der Waals surface area (Å²) in [6.45, 7) is 5.59. The molecule has 5 heteroatoms. The van der Waals surface area contributed by atoms with Crippen LogP contribution >= 0.6 is 0 Å². The number of anilines is 2. The number of carbonyl (C=O) groups excluding carboxylic acids is 1. The van der Waals surface area contributed by atoms with Crippen molar-refractivity contribution in [3.8, 4) is 11.3 Å². The normalized spacial score (nSPS) is 13.2. The number of hydrogen-bond donors (Lipinski definition) is 2. The third kappa shape index (κ3) is 2.75. The Morgan fingerprint density at radius 2 is 2.04 bits per heavy atom. The van der Waals surface area contributed by atoms with Gasteiger partial charge in [0.15, 0.2) is 0 Å². The molecule has 0 bridgehead atoms. The maximum atomic E-state index is 12.7. The lowest BCUT2D eigenvalue weighted by Crippen LogP contribution is -2.32. The molecule has 0 atom stereocenters. The molecule has 1 amide bonds. The van der Waals surface area contributed by atoms with E-state index in [2.05, 4.69) is 33.2 Å². The first kappa shape index (κ1) is 16.4. The third-order valence-electron chi connectivity index (χ3n) is 4.77. The zero-order valence-electron chi connectivity index (χ0n) is 15.0. The number of aromatic nitrogens is 2. The monoisotopic (exact) mass is 346 g/mol. The van der Waals surface area contributed by atoms with Crippen LogP contribution in [-0.4, -0.2) is 22.0 Å². The summed E-state index contributed by atoms with van der Waals surface area (Å²) in [5.41, 5.74) is 6.76. The van der Waals surface area contributed by atoms with Gasteiger partial charge in [-0.05, 0) is 38.1 Å². The Morgan fingerprint density at radius 3 is 2.77 bits per heavy atom. The molecular weight excluding hydrogens is 324 g/mol. The van der Waals surface area contributed by atoms with E-state index in [-0.39, 0.29) is 5.91 Å². The van der Waals surface area contributed by atoms with Gasteiger partial charge in [-0.2, -0.15) is 0 Å². The highest BCUT2D eigenvalue weighted by Crippen LogP contribution is 2.39. The van der Waals surface area contributed by atoms with Gasteiger partial charge in [-0.15, -0.1) is 0 Å². The molecule has 2 N–H and O–H groups in total. The fourth-order valence-electron chi connectivity index (χ4n) is 3.68. The second-order valence-corrected chi connectivity index (χ2v) is 6.47. The van der Waals surface area contributed by atoms with Crippen molar-refractivity contribution >= 4 is 17.3 Å². The predicted molar refractivity (Wildman–Crippen MR) is 104 cm³/mol. The molecule has 4 rings (SSSR count). The summed E-state index contributed by atoms with van der Waals surface area (Å²) in [6, 6.07) is 14.1. The molecular formula is C21H22N4O. The van der Waals surface area contributed by atoms with E-state index < -0.39 is 0 Å². The minimum atomic E-state index is -0.0103. The lowest BCUT2D eigenvalue weighted by molar-refractivity contribution is 0.0946. The molecule has 1 aromatic carbocycles. The second kappa shape index (κ2) is 6.67. The smallest absolute Gasteiger partial charge is 0.255 e. The number of hydrogen-bond acceptors (Lipinski definition) is 3. The second-order valence-electron chi connectivity index (χ2n) is 6.47. The van der Waals surface area contributed by atoms with Crippen LogP contribution < -0.4 is 10.6 Å². The van der Waals surface area contributed by atoms with Gasteiger partial charge in [-0.25, -0.2) is 0 Å². The van der Waals surface area contributed by atoms with Crippen molar-refractivity contribution in [1.82, 2.24) is 14.9 Å². The van der Waals surface area contributed by atoms with Crippen molar-refractivity contribution in [3.63, 3.8) is 0 Å². The molecule has 5 nitrogen and oxygen atoms in total. The Labute approximate surface area is 153 Å². The van der Waals surface area contributed by atoms with Crippen molar-refractivity contribution in [2.45, 2.75) is 26.8 Å². The van der Waals surface area contributed by atoms with Gasteiger partial charge in [0.2, 0.25) is 0 Å². The third-order valence-corrected chi connectivity index (χ3v) is 4.77. The Bertz CT molecular complexity index is 960.